The third kappa shape index (κ3) is 2.82. The molecular formula is C20H23N5. The first kappa shape index (κ1) is 15.6. The first-order chi connectivity index (χ1) is 12.1. The molecule has 2 aliphatic rings. The van der Waals surface area contributed by atoms with E-state index < -0.39 is 0 Å². The molecule has 1 aliphatic heterocycles. The highest BCUT2D eigenvalue weighted by Crippen LogP contribution is 2.38. The number of hydrogen-bond donors (Lipinski definition) is 4. The Kier molecular flexibility index (Phi) is 3.84. The highest BCUT2D eigenvalue weighted by Gasteiger charge is 2.20. The number of nitrogens with one attached hydrogen (secondary N) is 1. The molecular weight excluding hydrogens is 310 g/mol. The van der Waals surface area contributed by atoms with Gasteiger partial charge >= 0.3 is 0 Å². The zero-order valence-corrected chi connectivity index (χ0v) is 14.2. The minimum absolute atomic E-state index is 0.114. The Hall–Kier alpha value is -2.95. The summed E-state index contributed by atoms with van der Waals surface area (Å²) in [5.41, 5.74) is 26.4. The summed E-state index contributed by atoms with van der Waals surface area (Å²) in [5, 5.41) is 3.41. The second-order valence-electron chi connectivity index (χ2n) is 6.67. The molecule has 1 heterocycles. The number of guanidine groups is 1. The summed E-state index contributed by atoms with van der Waals surface area (Å²) < 4.78 is 0. The van der Waals surface area contributed by atoms with Crippen molar-refractivity contribution in [3.05, 3.63) is 52.6 Å². The van der Waals surface area contributed by atoms with Crippen LogP contribution >= 0.6 is 0 Å². The molecule has 4 rings (SSSR count). The van der Waals surface area contributed by atoms with E-state index in [1.807, 2.05) is 18.2 Å². The molecule has 1 aliphatic carbocycles. The Morgan fingerprint density at radius 1 is 1.04 bits per heavy atom. The van der Waals surface area contributed by atoms with Gasteiger partial charge < -0.3 is 22.5 Å². The van der Waals surface area contributed by atoms with E-state index in [1.54, 1.807) is 0 Å². The van der Waals surface area contributed by atoms with Crippen LogP contribution in [-0.4, -0.2) is 12.5 Å². The van der Waals surface area contributed by atoms with Crippen LogP contribution in [0.1, 0.15) is 35.1 Å². The number of hydrogen-bond acceptors (Lipinski definition) is 3. The molecule has 0 bridgehead atoms. The lowest BCUT2D eigenvalue weighted by Gasteiger charge is -2.20. The van der Waals surface area contributed by atoms with Crippen molar-refractivity contribution in [1.29, 1.82) is 0 Å². The zero-order chi connectivity index (χ0) is 17.4. The van der Waals surface area contributed by atoms with Gasteiger partial charge in [-0.25, -0.2) is 4.99 Å². The fourth-order valence-electron chi connectivity index (χ4n) is 3.89. The third-order valence-corrected chi connectivity index (χ3v) is 5.02. The van der Waals surface area contributed by atoms with Gasteiger partial charge in [0.2, 0.25) is 0 Å². The van der Waals surface area contributed by atoms with Gasteiger partial charge in [-0.3, -0.25) is 0 Å². The number of nitrogens with zero attached hydrogens (tertiary/aromatic N) is 1. The van der Waals surface area contributed by atoms with Gasteiger partial charge in [0.25, 0.3) is 0 Å². The van der Waals surface area contributed by atoms with Crippen LogP contribution in [0, 0.1) is 0 Å². The van der Waals surface area contributed by atoms with E-state index in [2.05, 4.69) is 28.5 Å². The molecule has 0 saturated carbocycles. The van der Waals surface area contributed by atoms with Crippen LogP contribution in [0.2, 0.25) is 0 Å². The zero-order valence-electron chi connectivity index (χ0n) is 14.2. The predicted octanol–water partition coefficient (Wildman–Crippen LogP) is 3.02. The Morgan fingerprint density at radius 2 is 1.84 bits per heavy atom. The second-order valence-corrected chi connectivity index (χ2v) is 6.67. The summed E-state index contributed by atoms with van der Waals surface area (Å²) in [6, 6.07) is 10.2. The smallest absolute Gasteiger partial charge is 0.191 e. The summed E-state index contributed by atoms with van der Waals surface area (Å²) >= 11 is 0. The average molecular weight is 333 g/mol. The standard InChI is InChI=1S/C20H23N5/c21-17-7-3-6-15-13(11-24-19(15)17)10-12-8-9-18(25-20(22)23)16-5-2-1-4-14(12)16/h3,6-10,24H,1-2,4-5,11,21H2,(H4,22,23,25). The lowest BCUT2D eigenvalue weighted by atomic mass is 9.86. The number of benzene rings is 2. The van der Waals surface area contributed by atoms with Crippen molar-refractivity contribution < 1.29 is 0 Å². The molecule has 7 N–H and O–H groups in total. The van der Waals surface area contributed by atoms with Crippen LogP contribution in [0.3, 0.4) is 0 Å². The fourth-order valence-corrected chi connectivity index (χ4v) is 3.89. The number of aliphatic imine (C=N–C) groups is 1. The number of fused-ring (bicyclic) bond motifs is 2. The van der Waals surface area contributed by atoms with E-state index in [4.69, 9.17) is 17.2 Å². The van der Waals surface area contributed by atoms with Gasteiger partial charge in [-0.2, -0.15) is 0 Å². The Morgan fingerprint density at radius 3 is 2.64 bits per heavy atom. The molecule has 25 heavy (non-hydrogen) atoms. The summed E-state index contributed by atoms with van der Waals surface area (Å²) in [6.07, 6.45) is 6.76. The Balaban J connectivity index is 1.81. The van der Waals surface area contributed by atoms with Crippen molar-refractivity contribution in [1.82, 2.24) is 0 Å². The molecule has 0 amide bonds. The van der Waals surface area contributed by atoms with Crippen molar-refractivity contribution in [3.8, 4) is 0 Å². The van der Waals surface area contributed by atoms with Crippen LogP contribution in [0.15, 0.2) is 35.3 Å². The molecule has 128 valence electrons. The maximum absolute atomic E-state index is 6.08. The molecule has 0 atom stereocenters. The number of para-hydroxylation sites is 1. The van der Waals surface area contributed by atoms with Crippen LogP contribution < -0.4 is 22.5 Å². The maximum atomic E-state index is 6.08. The van der Waals surface area contributed by atoms with E-state index in [-0.39, 0.29) is 5.96 Å². The molecule has 5 nitrogen and oxygen atoms in total. The van der Waals surface area contributed by atoms with Gasteiger partial charge in [-0.05, 0) is 66.2 Å². The molecule has 2 aromatic rings. The van der Waals surface area contributed by atoms with E-state index in [9.17, 15) is 0 Å². The van der Waals surface area contributed by atoms with Gasteiger partial charge in [-0.1, -0.05) is 18.2 Å². The Labute approximate surface area is 147 Å². The molecule has 0 unspecified atom stereocenters. The van der Waals surface area contributed by atoms with Crippen LogP contribution in [0.4, 0.5) is 17.1 Å². The van der Waals surface area contributed by atoms with E-state index >= 15 is 0 Å². The molecule has 2 aromatic carbocycles. The summed E-state index contributed by atoms with van der Waals surface area (Å²) in [7, 11) is 0. The van der Waals surface area contributed by atoms with E-state index in [0.29, 0.717) is 0 Å². The number of nitrogen functional groups attached to an aromatic ring is 1. The summed E-state index contributed by atoms with van der Waals surface area (Å²) in [6.45, 7) is 0.800. The van der Waals surface area contributed by atoms with E-state index in [1.165, 1.54) is 40.7 Å². The molecule has 0 saturated heterocycles. The Bertz CT molecular complexity index is 891. The van der Waals surface area contributed by atoms with Crippen molar-refractivity contribution in [2.45, 2.75) is 25.7 Å². The number of nitrogens with two attached hydrogens (primary N) is 3. The van der Waals surface area contributed by atoms with Gasteiger partial charge in [-0.15, -0.1) is 0 Å². The minimum Gasteiger partial charge on any atom is -0.397 e. The highest BCUT2D eigenvalue weighted by atomic mass is 15.0. The summed E-state index contributed by atoms with van der Waals surface area (Å²) in [4.78, 5) is 4.32. The third-order valence-electron chi connectivity index (χ3n) is 5.02. The molecule has 0 radical (unpaired) electrons. The molecule has 0 aromatic heterocycles. The maximum Gasteiger partial charge on any atom is 0.191 e. The van der Waals surface area contributed by atoms with Crippen LogP contribution in [0.25, 0.3) is 11.6 Å². The van der Waals surface area contributed by atoms with Crippen molar-refractivity contribution in [2.24, 2.45) is 16.5 Å². The normalized spacial score (nSPS) is 16.9. The molecule has 0 fully saturated rings. The van der Waals surface area contributed by atoms with E-state index in [0.717, 1.165) is 36.4 Å². The topological polar surface area (TPSA) is 102 Å². The predicted molar refractivity (Wildman–Crippen MR) is 106 cm³/mol. The fraction of sp³-hybridized carbons (Fsp3) is 0.250. The van der Waals surface area contributed by atoms with Gasteiger partial charge in [0.15, 0.2) is 5.96 Å². The molecule has 0 spiro atoms. The first-order valence-corrected chi connectivity index (χ1v) is 8.71. The van der Waals surface area contributed by atoms with Crippen molar-refractivity contribution >= 4 is 34.7 Å². The quantitative estimate of drug-likeness (QED) is 0.385. The van der Waals surface area contributed by atoms with Crippen LogP contribution in [-0.2, 0) is 12.8 Å². The first-order valence-electron chi connectivity index (χ1n) is 8.71. The van der Waals surface area contributed by atoms with Gasteiger partial charge in [0.1, 0.15) is 0 Å². The number of anilines is 2. The second kappa shape index (κ2) is 6.16. The lowest BCUT2D eigenvalue weighted by Crippen LogP contribution is -2.22. The largest absolute Gasteiger partial charge is 0.397 e. The minimum atomic E-state index is 0.114. The monoisotopic (exact) mass is 333 g/mol. The van der Waals surface area contributed by atoms with Gasteiger partial charge in [0.05, 0.1) is 17.1 Å². The van der Waals surface area contributed by atoms with Crippen molar-refractivity contribution in [2.75, 3.05) is 17.6 Å². The number of rotatable bonds is 2. The van der Waals surface area contributed by atoms with Gasteiger partial charge in [0, 0.05) is 12.1 Å². The SMILES string of the molecule is NC(N)=Nc1ccc(C=C2CNc3c(N)cccc32)c2c1CCCC2. The highest BCUT2D eigenvalue weighted by molar-refractivity contribution is 5.97. The molecule has 5 heteroatoms. The lowest BCUT2D eigenvalue weighted by molar-refractivity contribution is 0.685. The van der Waals surface area contributed by atoms with Crippen molar-refractivity contribution in [3.63, 3.8) is 0 Å². The average Bonchev–Trinajstić information content (AvgIpc) is 3.01. The van der Waals surface area contributed by atoms with Crippen LogP contribution in [0.5, 0.6) is 0 Å². The summed E-state index contributed by atoms with van der Waals surface area (Å²) in [5.74, 6) is 0.114.